The van der Waals surface area contributed by atoms with Crippen molar-refractivity contribution in [1.29, 1.82) is 0 Å². The van der Waals surface area contributed by atoms with Crippen LogP contribution >= 0.6 is 0 Å². The van der Waals surface area contributed by atoms with Crippen molar-refractivity contribution in [3.63, 3.8) is 0 Å². The summed E-state index contributed by atoms with van der Waals surface area (Å²) in [5.74, 6) is 1.20. The second kappa shape index (κ2) is 4.60. The Morgan fingerprint density at radius 1 is 1.29 bits per heavy atom. The van der Waals surface area contributed by atoms with Gasteiger partial charge < -0.3 is 5.11 Å². The molecule has 2 fully saturated rings. The SMILES string of the molecule is CC(C)CC(C)(NC(C1CC1)C1CC1)C(=O)O. The Kier molecular flexibility index (Phi) is 3.48. The zero-order valence-corrected chi connectivity index (χ0v) is 11.2. The zero-order chi connectivity index (χ0) is 12.6. The number of rotatable bonds is 7. The van der Waals surface area contributed by atoms with Gasteiger partial charge in [-0.05, 0) is 56.8 Å². The second-order valence-electron chi connectivity index (χ2n) is 6.58. The fraction of sp³-hybridized carbons (Fsp3) is 0.929. The van der Waals surface area contributed by atoms with Crippen molar-refractivity contribution in [3.8, 4) is 0 Å². The Hall–Kier alpha value is -0.570. The third kappa shape index (κ3) is 3.21. The van der Waals surface area contributed by atoms with Crippen LogP contribution in [0.15, 0.2) is 0 Å². The molecule has 0 saturated heterocycles. The first-order valence-electron chi connectivity index (χ1n) is 6.93. The quantitative estimate of drug-likeness (QED) is 0.718. The van der Waals surface area contributed by atoms with Gasteiger partial charge in [-0.3, -0.25) is 10.1 Å². The van der Waals surface area contributed by atoms with Crippen LogP contribution in [-0.4, -0.2) is 22.7 Å². The average molecular weight is 239 g/mol. The van der Waals surface area contributed by atoms with Gasteiger partial charge in [-0.1, -0.05) is 13.8 Å². The lowest BCUT2D eigenvalue weighted by Crippen LogP contribution is -2.55. The van der Waals surface area contributed by atoms with E-state index in [-0.39, 0.29) is 0 Å². The summed E-state index contributed by atoms with van der Waals surface area (Å²) in [7, 11) is 0. The van der Waals surface area contributed by atoms with Gasteiger partial charge in [-0.25, -0.2) is 0 Å². The molecule has 2 rings (SSSR count). The Morgan fingerprint density at radius 2 is 1.76 bits per heavy atom. The average Bonchev–Trinajstić information content (AvgIpc) is 3.06. The van der Waals surface area contributed by atoms with Crippen molar-refractivity contribution in [2.45, 2.75) is 64.5 Å². The van der Waals surface area contributed by atoms with E-state index in [1.54, 1.807) is 0 Å². The van der Waals surface area contributed by atoms with E-state index in [1.165, 1.54) is 25.7 Å². The molecule has 0 amide bonds. The fourth-order valence-electron chi connectivity index (χ4n) is 2.92. The summed E-state index contributed by atoms with van der Waals surface area (Å²) < 4.78 is 0. The molecule has 2 aliphatic rings. The highest BCUT2D eigenvalue weighted by Gasteiger charge is 2.46. The van der Waals surface area contributed by atoms with Crippen molar-refractivity contribution >= 4 is 5.97 Å². The number of hydrogen-bond acceptors (Lipinski definition) is 2. The molecule has 0 radical (unpaired) electrons. The molecule has 0 spiro atoms. The first-order valence-corrected chi connectivity index (χ1v) is 6.93. The van der Waals surface area contributed by atoms with Crippen molar-refractivity contribution < 1.29 is 9.90 Å². The number of carbonyl (C=O) groups is 1. The molecule has 0 aromatic carbocycles. The predicted molar refractivity (Wildman–Crippen MR) is 67.9 cm³/mol. The van der Waals surface area contributed by atoms with Crippen LogP contribution in [0.4, 0.5) is 0 Å². The predicted octanol–water partition coefficient (Wildman–Crippen LogP) is 2.65. The lowest BCUT2D eigenvalue weighted by Gasteiger charge is -2.33. The highest BCUT2D eigenvalue weighted by Crippen LogP contribution is 2.45. The summed E-state index contributed by atoms with van der Waals surface area (Å²) in [5.41, 5.74) is -0.746. The molecule has 1 atom stereocenters. The Bertz CT molecular complexity index is 283. The molecule has 0 aliphatic heterocycles. The third-order valence-electron chi connectivity index (χ3n) is 4.03. The van der Waals surface area contributed by atoms with E-state index in [4.69, 9.17) is 0 Å². The molecule has 3 heteroatoms. The highest BCUT2D eigenvalue weighted by molar-refractivity contribution is 5.78. The molecular formula is C14H25NO2. The molecule has 2 saturated carbocycles. The second-order valence-corrected chi connectivity index (χ2v) is 6.58. The van der Waals surface area contributed by atoms with Crippen molar-refractivity contribution in [2.75, 3.05) is 0 Å². The lowest BCUT2D eigenvalue weighted by atomic mass is 9.88. The van der Waals surface area contributed by atoms with Crippen LogP contribution in [-0.2, 0) is 4.79 Å². The number of nitrogens with one attached hydrogen (secondary N) is 1. The maximum Gasteiger partial charge on any atom is 0.323 e. The lowest BCUT2D eigenvalue weighted by molar-refractivity contribution is -0.145. The summed E-state index contributed by atoms with van der Waals surface area (Å²) in [6, 6.07) is 0.454. The van der Waals surface area contributed by atoms with Gasteiger partial charge in [-0.2, -0.15) is 0 Å². The van der Waals surface area contributed by atoms with Gasteiger partial charge in [0, 0.05) is 6.04 Å². The minimum Gasteiger partial charge on any atom is -0.480 e. The van der Waals surface area contributed by atoms with Crippen molar-refractivity contribution in [3.05, 3.63) is 0 Å². The molecule has 3 nitrogen and oxygen atoms in total. The topological polar surface area (TPSA) is 49.3 Å². The zero-order valence-electron chi connectivity index (χ0n) is 11.2. The van der Waals surface area contributed by atoms with Gasteiger partial charge in [0.2, 0.25) is 0 Å². The third-order valence-corrected chi connectivity index (χ3v) is 4.03. The minimum absolute atomic E-state index is 0.405. The number of hydrogen-bond donors (Lipinski definition) is 2. The minimum atomic E-state index is -0.746. The van der Waals surface area contributed by atoms with Crippen molar-refractivity contribution in [1.82, 2.24) is 5.32 Å². The molecule has 2 N–H and O–H groups in total. The van der Waals surface area contributed by atoms with E-state index in [9.17, 15) is 9.90 Å². The normalized spacial score (nSPS) is 24.1. The standard InChI is InChI=1S/C14H25NO2/c1-9(2)8-14(3,13(16)17)15-12(10-4-5-10)11-6-7-11/h9-12,15H,4-8H2,1-3H3,(H,16,17). The van der Waals surface area contributed by atoms with Crippen LogP contribution in [0.3, 0.4) is 0 Å². The van der Waals surface area contributed by atoms with E-state index in [2.05, 4.69) is 19.2 Å². The number of carboxylic acid groups (broad SMARTS) is 1. The monoisotopic (exact) mass is 239 g/mol. The van der Waals surface area contributed by atoms with E-state index < -0.39 is 11.5 Å². The molecule has 17 heavy (non-hydrogen) atoms. The van der Waals surface area contributed by atoms with E-state index >= 15 is 0 Å². The van der Waals surface area contributed by atoms with Crippen LogP contribution in [0.1, 0.15) is 52.9 Å². The largest absolute Gasteiger partial charge is 0.480 e. The number of aliphatic carboxylic acids is 1. The van der Waals surface area contributed by atoms with Crippen LogP contribution in [0.25, 0.3) is 0 Å². The molecule has 0 bridgehead atoms. The van der Waals surface area contributed by atoms with Gasteiger partial charge in [0.25, 0.3) is 0 Å². The maximum atomic E-state index is 11.5. The molecule has 1 unspecified atom stereocenters. The number of carboxylic acids is 1. The smallest absolute Gasteiger partial charge is 0.323 e. The summed E-state index contributed by atoms with van der Waals surface area (Å²) in [6.07, 6.45) is 5.84. The summed E-state index contributed by atoms with van der Waals surface area (Å²) in [6.45, 7) is 6.03. The maximum absolute atomic E-state index is 11.5. The van der Waals surface area contributed by atoms with Gasteiger partial charge >= 0.3 is 5.97 Å². The van der Waals surface area contributed by atoms with Gasteiger partial charge in [0.1, 0.15) is 5.54 Å². The molecule has 2 aliphatic carbocycles. The Morgan fingerprint density at radius 3 is 2.06 bits per heavy atom. The first-order chi connectivity index (χ1) is 7.92. The van der Waals surface area contributed by atoms with Gasteiger partial charge in [-0.15, -0.1) is 0 Å². The molecular weight excluding hydrogens is 214 g/mol. The summed E-state index contributed by atoms with van der Waals surface area (Å²) in [4.78, 5) is 11.5. The molecule has 0 heterocycles. The van der Waals surface area contributed by atoms with Crippen LogP contribution in [0.5, 0.6) is 0 Å². The van der Waals surface area contributed by atoms with Crippen LogP contribution < -0.4 is 5.32 Å². The summed E-state index contributed by atoms with van der Waals surface area (Å²) in [5, 5.41) is 13.0. The van der Waals surface area contributed by atoms with Crippen LogP contribution in [0, 0.1) is 17.8 Å². The summed E-state index contributed by atoms with van der Waals surface area (Å²) >= 11 is 0. The fourth-order valence-corrected chi connectivity index (χ4v) is 2.92. The molecule has 0 aromatic heterocycles. The Balaban J connectivity index is 2.02. The van der Waals surface area contributed by atoms with Crippen LogP contribution in [0.2, 0.25) is 0 Å². The van der Waals surface area contributed by atoms with E-state index in [1.807, 2.05) is 6.92 Å². The highest BCUT2D eigenvalue weighted by atomic mass is 16.4. The Labute approximate surface area is 104 Å². The molecule has 0 aromatic rings. The molecule has 98 valence electrons. The first kappa shape index (κ1) is 12.9. The van der Waals surface area contributed by atoms with E-state index in [0.717, 1.165) is 11.8 Å². The van der Waals surface area contributed by atoms with E-state index in [0.29, 0.717) is 18.4 Å². The van der Waals surface area contributed by atoms with Gasteiger partial charge in [0.15, 0.2) is 0 Å². The van der Waals surface area contributed by atoms with Crippen molar-refractivity contribution in [2.24, 2.45) is 17.8 Å². The van der Waals surface area contributed by atoms with Gasteiger partial charge in [0.05, 0.1) is 0 Å².